The Balaban J connectivity index is 0. The molecule has 328 valence electrons. The lowest BCUT2D eigenvalue weighted by atomic mass is 10.1. The summed E-state index contributed by atoms with van der Waals surface area (Å²) in [5.41, 5.74) is 12.9. The van der Waals surface area contributed by atoms with Crippen LogP contribution < -0.4 is 38.7 Å². The van der Waals surface area contributed by atoms with Gasteiger partial charge < -0.3 is 31.6 Å². The van der Waals surface area contributed by atoms with Crippen LogP contribution >= 0.6 is 0 Å². The maximum absolute atomic E-state index is 14.2. The highest BCUT2D eigenvalue weighted by Gasteiger charge is 2.22. The van der Waals surface area contributed by atoms with Crippen LogP contribution in [0.25, 0.3) is 0 Å². The van der Waals surface area contributed by atoms with E-state index in [4.69, 9.17) is 25.4 Å². The number of benzene rings is 4. The van der Waals surface area contributed by atoms with Crippen LogP contribution in [0, 0.1) is 27.6 Å². The summed E-state index contributed by atoms with van der Waals surface area (Å²) in [6.07, 6.45) is 3.82. The number of nitrogen functional groups attached to an aromatic ring is 2. The molecule has 18 heteroatoms. The van der Waals surface area contributed by atoms with Crippen LogP contribution in [0.2, 0.25) is 0 Å². The molecular weight excluding hydrogens is 774 g/mol. The molecule has 14 nitrogen and oxygen atoms in total. The van der Waals surface area contributed by atoms with Crippen LogP contribution in [0.3, 0.4) is 0 Å². The number of nitrogens with zero attached hydrogens (tertiary/aromatic N) is 1. The Labute approximate surface area is 344 Å². The fourth-order valence-corrected chi connectivity index (χ4v) is 4.05. The van der Waals surface area contributed by atoms with Crippen LogP contribution in [0.1, 0.15) is 85.8 Å². The largest absolute Gasteiger partial charge is 0.450 e. The van der Waals surface area contributed by atoms with Crippen molar-refractivity contribution in [3.63, 3.8) is 0 Å². The SMILES string of the molecule is C.CCCC.CCCC.CCOC(=O)Nc1ccc(NCc2ccc(F)cc2)c([18F])c1N.CCOC(=O)Nc1ccc(NCc2ccc(F)cc2)c([N+](=O)[O-])c1N.N[18F]. The Kier molecular flexibility index (Phi) is 29.5. The number of nitro benzene ring substituents is 1. The minimum absolute atomic E-state index is 0. The molecule has 0 atom stereocenters. The normalized spacial score (nSPS) is 9.41. The minimum atomic E-state index is -0.754. The summed E-state index contributed by atoms with van der Waals surface area (Å²) in [5, 5.41) is 21.8. The molecule has 0 radical (unpaired) electrons. The zero-order valence-electron chi connectivity index (χ0n) is 33.7. The second-order valence-corrected chi connectivity index (χ2v) is 11.7. The van der Waals surface area contributed by atoms with Gasteiger partial charge in [-0.1, -0.05) is 85.1 Å². The first-order valence-corrected chi connectivity index (χ1v) is 18.5. The Bertz CT molecular complexity index is 1800. The predicted octanol–water partition coefficient (Wildman–Crippen LogP) is 11.3. The highest BCUT2D eigenvalue weighted by molar-refractivity contribution is 5.94. The summed E-state index contributed by atoms with van der Waals surface area (Å²) in [5.74, 6) is 1.62. The summed E-state index contributed by atoms with van der Waals surface area (Å²) < 4.78 is 58.4. The van der Waals surface area contributed by atoms with Gasteiger partial charge in [-0.05, 0) is 73.5 Å². The monoisotopic (exact) mass is 834 g/mol. The van der Waals surface area contributed by atoms with Crippen molar-refractivity contribution in [2.75, 3.05) is 45.9 Å². The Morgan fingerprint density at radius 1 is 0.593 bits per heavy atom. The number of hydrogen-bond donors (Lipinski definition) is 7. The fourth-order valence-electron chi connectivity index (χ4n) is 4.05. The van der Waals surface area contributed by atoms with E-state index in [0.717, 1.165) is 11.1 Å². The lowest BCUT2D eigenvalue weighted by Gasteiger charge is -2.13. The molecule has 4 rings (SSSR count). The number of halogens is 4. The fraction of sp³-hybridized carbons (Fsp3) is 0.366. The summed E-state index contributed by atoms with van der Waals surface area (Å²) in [6.45, 7) is 12.9. The number of rotatable bonds is 13. The number of amides is 2. The van der Waals surface area contributed by atoms with E-state index in [-0.39, 0.29) is 78.6 Å². The van der Waals surface area contributed by atoms with Gasteiger partial charge in [0, 0.05) is 13.1 Å². The molecule has 0 aliphatic heterocycles. The quantitative estimate of drug-likeness (QED) is 0.0221. The van der Waals surface area contributed by atoms with E-state index in [0.29, 0.717) is 6.54 Å². The van der Waals surface area contributed by atoms with Gasteiger partial charge >= 0.3 is 17.9 Å². The smallest absolute Gasteiger partial charge is 0.411 e. The van der Waals surface area contributed by atoms with Crippen molar-refractivity contribution in [3.05, 3.63) is 111 Å². The van der Waals surface area contributed by atoms with Crippen LogP contribution in [0.15, 0.2) is 72.8 Å². The molecule has 0 saturated carbocycles. The molecule has 0 aromatic heterocycles. The van der Waals surface area contributed by atoms with E-state index < -0.39 is 22.9 Å². The topological polar surface area (TPSA) is 222 Å². The first kappa shape index (κ1) is 54.8. The first-order valence-electron chi connectivity index (χ1n) is 18.5. The average molecular weight is 835 g/mol. The summed E-state index contributed by atoms with van der Waals surface area (Å²) in [6, 6.07) is 17.4. The summed E-state index contributed by atoms with van der Waals surface area (Å²) >= 11 is 0. The van der Waals surface area contributed by atoms with Crippen LogP contribution in [0.4, 0.5) is 67.1 Å². The van der Waals surface area contributed by atoms with E-state index in [1.54, 1.807) is 38.1 Å². The van der Waals surface area contributed by atoms with Gasteiger partial charge in [0.25, 0.3) is 0 Å². The van der Waals surface area contributed by atoms with E-state index in [1.807, 2.05) is 0 Å². The first-order chi connectivity index (χ1) is 27.8. The molecule has 0 saturated heterocycles. The number of carbonyl (C=O) groups is 2. The van der Waals surface area contributed by atoms with Crippen molar-refractivity contribution in [1.82, 2.24) is 0 Å². The molecular formula is C41H60F4N8O6. The third kappa shape index (κ3) is 21.2. The number of carbonyl (C=O) groups excluding carboxylic acids is 2. The van der Waals surface area contributed by atoms with Crippen LogP contribution in [-0.4, -0.2) is 30.3 Å². The van der Waals surface area contributed by atoms with Crippen LogP contribution in [0.5, 0.6) is 0 Å². The molecule has 0 unspecified atom stereocenters. The molecule has 0 fully saturated rings. The Morgan fingerprint density at radius 2 is 0.932 bits per heavy atom. The zero-order chi connectivity index (χ0) is 44.0. The number of unbranched alkanes of at least 4 members (excludes halogenated alkanes) is 2. The third-order valence-electron chi connectivity index (χ3n) is 7.40. The Morgan fingerprint density at radius 3 is 1.29 bits per heavy atom. The van der Waals surface area contributed by atoms with E-state index in [9.17, 15) is 32.9 Å². The lowest BCUT2D eigenvalue weighted by Crippen LogP contribution is -2.15. The summed E-state index contributed by atoms with van der Waals surface area (Å²) in [7, 11) is 0. The van der Waals surface area contributed by atoms with Crippen LogP contribution in [-0.2, 0) is 22.6 Å². The molecule has 4 aromatic carbocycles. The molecule has 0 heterocycles. The summed E-state index contributed by atoms with van der Waals surface area (Å²) in [4.78, 5) is 33.5. The molecule has 10 N–H and O–H groups in total. The number of anilines is 6. The highest BCUT2D eigenvalue weighted by Crippen LogP contribution is 2.37. The second-order valence-electron chi connectivity index (χ2n) is 11.7. The number of hydrogen-bond acceptors (Lipinski definition) is 11. The maximum Gasteiger partial charge on any atom is 0.411 e. The number of nitro groups is 1. The van der Waals surface area contributed by atoms with Crippen molar-refractivity contribution in [3.8, 4) is 0 Å². The standard InChI is InChI=1S/C16H17F2N3O2.C16H17FN4O4.2C4H10.CH4.FH2N/c1-2-23-16(22)21-13-8-7-12(14(18)15(13)19)20-9-10-3-5-11(17)6-4-10;1-2-25-16(22)20-12-7-8-13(15(14(12)18)21(23)24)19-9-10-3-5-11(17)6-4-10;2*1-3-4-2;;1-2/h3-8,20H,2,9,19H2,1H3,(H,21,22);3-8,19H,2,9,18H2,1H3,(H,20,22);2*3-4H2,1-2H3;1H4;2H2/i18-1;;;;;1-1. The molecule has 4 aromatic rings. The van der Waals surface area contributed by atoms with E-state index >= 15 is 0 Å². The van der Waals surface area contributed by atoms with E-state index in [1.165, 1.54) is 74.2 Å². The lowest BCUT2D eigenvalue weighted by molar-refractivity contribution is -0.382. The number of ether oxygens (including phenoxy) is 2. The highest BCUT2D eigenvalue weighted by atomic mass is 19.1. The molecule has 0 aliphatic carbocycles. The second kappa shape index (κ2) is 31.7. The van der Waals surface area contributed by atoms with Gasteiger partial charge in [0.2, 0.25) is 0 Å². The van der Waals surface area contributed by atoms with Gasteiger partial charge in [-0.3, -0.25) is 20.7 Å². The maximum atomic E-state index is 14.2. The Hall–Kier alpha value is -6.30. The number of nitrogens with two attached hydrogens (primary N) is 3. The molecule has 59 heavy (non-hydrogen) atoms. The van der Waals surface area contributed by atoms with Crippen molar-refractivity contribution < 1.29 is 41.6 Å². The predicted molar refractivity (Wildman–Crippen MR) is 230 cm³/mol. The molecule has 0 bridgehead atoms. The van der Waals surface area contributed by atoms with Gasteiger partial charge in [-0.15, -0.1) is 4.48 Å². The average Bonchev–Trinajstić information content (AvgIpc) is 3.22. The van der Waals surface area contributed by atoms with Gasteiger partial charge in [0.15, 0.2) is 5.82 Å². The zero-order valence-corrected chi connectivity index (χ0v) is 33.7. The van der Waals surface area contributed by atoms with Gasteiger partial charge in [-0.25, -0.2) is 22.8 Å². The number of nitrogens with one attached hydrogen (secondary N) is 4. The van der Waals surface area contributed by atoms with Gasteiger partial charge in [-0.2, -0.15) is 5.96 Å². The molecule has 2 amide bonds. The van der Waals surface area contributed by atoms with Crippen molar-refractivity contribution in [1.29, 1.82) is 0 Å². The van der Waals surface area contributed by atoms with Crippen molar-refractivity contribution in [2.24, 2.45) is 5.96 Å². The van der Waals surface area contributed by atoms with Gasteiger partial charge in [0.1, 0.15) is 23.0 Å². The van der Waals surface area contributed by atoms with E-state index in [2.05, 4.69) is 54.9 Å². The molecule has 0 aliphatic rings. The minimum Gasteiger partial charge on any atom is -0.450 e. The molecule has 0 spiro atoms. The van der Waals surface area contributed by atoms with Gasteiger partial charge in [0.05, 0.1) is 40.9 Å². The van der Waals surface area contributed by atoms with Crippen molar-refractivity contribution in [2.45, 2.75) is 87.7 Å². The third-order valence-corrected chi connectivity index (χ3v) is 7.40. The van der Waals surface area contributed by atoms with Crippen molar-refractivity contribution >= 4 is 52.0 Å².